The van der Waals surface area contributed by atoms with Crippen molar-refractivity contribution in [3.8, 4) is 0 Å². The summed E-state index contributed by atoms with van der Waals surface area (Å²) in [5.74, 6) is 0. The number of sulfonamides is 1. The molecule has 0 spiro atoms. The van der Waals surface area contributed by atoms with Gasteiger partial charge >= 0.3 is 6.09 Å². The zero-order valence-corrected chi connectivity index (χ0v) is 18.4. The molecule has 0 saturated carbocycles. The first-order valence-electron chi connectivity index (χ1n) is 9.71. The van der Waals surface area contributed by atoms with E-state index in [2.05, 4.69) is 10.2 Å². The van der Waals surface area contributed by atoms with Crippen molar-refractivity contribution < 1.29 is 17.9 Å². The second kappa shape index (κ2) is 9.24. The number of ether oxygens (including phenoxy) is 1. The molecule has 1 saturated heterocycles. The summed E-state index contributed by atoms with van der Waals surface area (Å²) in [6.07, 6.45) is 2.80. The third-order valence-corrected chi connectivity index (χ3v) is 6.50. The lowest BCUT2D eigenvalue weighted by Gasteiger charge is -2.36. The van der Waals surface area contributed by atoms with Gasteiger partial charge in [0.25, 0.3) is 0 Å². The molecule has 1 aliphatic heterocycles. The molecule has 0 bridgehead atoms. The maximum Gasteiger partial charge on any atom is 0.407 e. The molecule has 1 heterocycles. The average molecular weight is 412 g/mol. The van der Waals surface area contributed by atoms with Crippen molar-refractivity contribution in [2.75, 3.05) is 27.2 Å². The van der Waals surface area contributed by atoms with Crippen LogP contribution in [0.2, 0.25) is 0 Å². The second-order valence-electron chi connectivity index (χ2n) is 8.44. The van der Waals surface area contributed by atoms with Gasteiger partial charge in [0.2, 0.25) is 10.0 Å². The lowest BCUT2D eigenvalue weighted by Crippen LogP contribution is -2.47. The minimum atomic E-state index is -3.45. The molecule has 1 aliphatic rings. The summed E-state index contributed by atoms with van der Waals surface area (Å²) in [6, 6.07) is 7.29. The van der Waals surface area contributed by atoms with Crippen LogP contribution in [0.5, 0.6) is 0 Å². The Labute approximate surface area is 169 Å². The van der Waals surface area contributed by atoms with Gasteiger partial charge in [0, 0.05) is 33.2 Å². The summed E-state index contributed by atoms with van der Waals surface area (Å²) in [5, 5.41) is 2.87. The maximum atomic E-state index is 12.4. The van der Waals surface area contributed by atoms with E-state index in [0.29, 0.717) is 18.0 Å². The zero-order valence-electron chi connectivity index (χ0n) is 17.6. The molecule has 1 atom stereocenters. The number of piperidine rings is 1. The normalized spacial score (nSPS) is 18.9. The molecule has 28 heavy (non-hydrogen) atoms. The van der Waals surface area contributed by atoms with Crippen LogP contribution in [0.15, 0.2) is 29.2 Å². The number of nitrogens with zero attached hydrogens (tertiary/aromatic N) is 2. The smallest absolute Gasteiger partial charge is 0.407 e. The van der Waals surface area contributed by atoms with Crippen LogP contribution in [-0.2, 0) is 21.3 Å². The van der Waals surface area contributed by atoms with Crippen molar-refractivity contribution >= 4 is 16.1 Å². The van der Waals surface area contributed by atoms with Gasteiger partial charge < -0.3 is 10.1 Å². The zero-order chi connectivity index (χ0) is 20.9. The van der Waals surface area contributed by atoms with Crippen molar-refractivity contribution in [3.05, 3.63) is 29.8 Å². The molecule has 2 rings (SSSR count). The molecule has 7 nitrogen and oxygen atoms in total. The first-order valence-corrected chi connectivity index (χ1v) is 11.2. The van der Waals surface area contributed by atoms with Crippen LogP contribution in [0, 0.1) is 0 Å². The fourth-order valence-corrected chi connectivity index (χ4v) is 4.24. The van der Waals surface area contributed by atoms with Gasteiger partial charge in [-0.15, -0.1) is 0 Å². The highest BCUT2D eigenvalue weighted by atomic mass is 32.2. The molecule has 1 unspecified atom stereocenters. The Kier molecular flexibility index (Phi) is 7.47. The highest BCUT2D eigenvalue weighted by Crippen LogP contribution is 2.21. The lowest BCUT2D eigenvalue weighted by atomic mass is 10.0. The van der Waals surface area contributed by atoms with E-state index in [9.17, 15) is 13.2 Å². The van der Waals surface area contributed by atoms with Crippen molar-refractivity contribution in [2.24, 2.45) is 0 Å². The van der Waals surface area contributed by atoms with E-state index in [1.807, 2.05) is 26.8 Å². The standard InChI is InChI=1S/C20H33N3O4S/c1-20(2,3)27-19(24)21-14-17-10-6-7-12-23(17)15-16-9-8-11-18(13-16)28(25,26)22(4)5/h8-9,11,13,17H,6-7,10,12,14-15H2,1-5H3,(H,21,24). The van der Waals surface area contributed by atoms with E-state index in [1.54, 1.807) is 18.2 Å². The van der Waals surface area contributed by atoms with Crippen LogP contribution in [0.4, 0.5) is 4.79 Å². The van der Waals surface area contributed by atoms with Crippen molar-refractivity contribution in [1.82, 2.24) is 14.5 Å². The molecule has 0 radical (unpaired) electrons. The number of likely N-dealkylation sites (tertiary alicyclic amines) is 1. The molecule has 1 aromatic carbocycles. The Balaban J connectivity index is 2.04. The van der Waals surface area contributed by atoms with Crippen LogP contribution in [0.1, 0.15) is 45.6 Å². The van der Waals surface area contributed by atoms with Gasteiger partial charge in [-0.1, -0.05) is 18.6 Å². The molecule has 1 amide bonds. The molecule has 158 valence electrons. The first-order chi connectivity index (χ1) is 13.0. The van der Waals surface area contributed by atoms with Crippen LogP contribution < -0.4 is 5.32 Å². The molecular weight excluding hydrogens is 378 g/mol. The van der Waals surface area contributed by atoms with Crippen molar-refractivity contribution in [2.45, 2.75) is 63.1 Å². The minimum absolute atomic E-state index is 0.204. The second-order valence-corrected chi connectivity index (χ2v) is 10.6. The van der Waals surface area contributed by atoms with E-state index >= 15 is 0 Å². The largest absolute Gasteiger partial charge is 0.444 e. The number of hydrogen-bond acceptors (Lipinski definition) is 5. The van der Waals surface area contributed by atoms with E-state index < -0.39 is 21.7 Å². The Morgan fingerprint density at radius 2 is 2.00 bits per heavy atom. The van der Waals surface area contributed by atoms with E-state index in [0.717, 1.165) is 31.4 Å². The molecule has 1 aromatic rings. The number of carbonyl (C=O) groups excluding carboxylic acids is 1. The summed E-state index contributed by atoms with van der Waals surface area (Å²) < 4.78 is 31.3. The monoisotopic (exact) mass is 411 g/mol. The number of benzene rings is 1. The summed E-state index contributed by atoms with van der Waals surface area (Å²) in [7, 11) is -0.386. The summed E-state index contributed by atoms with van der Waals surface area (Å²) in [6.45, 7) is 7.62. The predicted molar refractivity (Wildman–Crippen MR) is 110 cm³/mol. The van der Waals surface area contributed by atoms with Gasteiger partial charge in [0.05, 0.1) is 4.90 Å². The Morgan fingerprint density at radius 1 is 1.29 bits per heavy atom. The first kappa shape index (κ1) is 22.6. The van der Waals surface area contributed by atoms with Crippen LogP contribution in [0.3, 0.4) is 0 Å². The number of hydrogen-bond donors (Lipinski definition) is 1. The number of amides is 1. The summed E-state index contributed by atoms with van der Waals surface area (Å²) >= 11 is 0. The van der Waals surface area contributed by atoms with Crippen LogP contribution >= 0.6 is 0 Å². The average Bonchev–Trinajstić information content (AvgIpc) is 2.59. The van der Waals surface area contributed by atoms with Gasteiger partial charge in [-0.3, -0.25) is 4.90 Å². The highest BCUT2D eigenvalue weighted by molar-refractivity contribution is 7.89. The Morgan fingerprint density at radius 3 is 2.64 bits per heavy atom. The maximum absolute atomic E-state index is 12.4. The van der Waals surface area contributed by atoms with Gasteiger partial charge in [0.15, 0.2) is 0 Å². The molecule has 8 heteroatoms. The number of rotatable bonds is 6. The van der Waals surface area contributed by atoms with E-state index in [-0.39, 0.29) is 6.04 Å². The minimum Gasteiger partial charge on any atom is -0.444 e. The number of alkyl carbamates (subject to hydrolysis) is 1. The molecule has 0 aliphatic carbocycles. The fraction of sp³-hybridized carbons (Fsp3) is 0.650. The third kappa shape index (κ3) is 6.46. The number of carbonyl (C=O) groups is 1. The Hall–Kier alpha value is -1.64. The molecular formula is C20H33N3O4S. The van der Waals surface area contributed by atoms with Crippen LogP contribution in [-0.4, -0.2) is 62.5 Å². The van der Waals surface area contributed by atoms with E-state index in [4.69, 9.17) is 4.74 Å². The topological polar surface area (TPSA) is 79.0 Å². The van der Waals surface area contributed by atoms with Crippen molar-refractivity contribution in [1.29, 1.82) is 0 Å². The van der Waals surface area contributed by atoms with Gasteiger partial charge in [-0.2, -0.15) is 0 Å². The quantitative estimate of drug-likeness (QED) is 0.779. The van der Waals surface area contributed by atoms with Crippen LogP contribution in [0.25, 0.3) is 0 Å². The lowest BCUT2D eigenvalue weighted by molar-refractivity contribution is 0.0492. The SMILES string of the molecule is CN(C)S(=O)(=O)c1cccc(CN2CCCCC2CNC(=O)OC(C)(C)C)c1. The third-order valence-electron chi connectivity index (χ3n) is 4.69. The van der Waals surface area contributed by atoms with Gasteiger partial charge in [-0.05, 0) is 57.9 Å². The molecule has 1 N–H and O–H groups in total. The van der Waals surface area contributed by atoms with Crippen molar-refractivity contribution in [3.63, 3.8) is 0 Å². The molecule has 0 aromatic heterocycles. The fourth-order valence-electron chi connectivity index (χ4n) is 3.26. The Bertz CT molecular complexity index is 772. The van der Waals surface area contributed by atoms with Gasteiger partial charge in [0.1, 0.15) is 5.60 Å². The highest BCUT2D eigenvalue weighted by Gasteiger charge is 2.25. The summed E-state index contributed by atoms with van der Waals surface area (Å²) in [4.78, 5) is 14.6. The number of nitrogens with one attached hydrogen (secondary N) is 1. The predicted octanol–water partition coefficient (Wildman–Crippen LogP) is 2.82. The van der Waals surface area contributed by atoms with Gasteiger partial charge in [-0.25, -0.2) is 17.5 Å². The van der Waals surface area contributed by atoms with E-state index in [1.165, 1.54) is 18.4 Å². The molecule has 1 fully saturated rings. The summed E-state index contributed by atoms with van der Waals surface area (Å²) in [5.41, 5.74) is 0.432.